The number of aryl methyl sites for hydroxylation is 3. The summed E-state index contributed by atoms with van der Waals surface area (Å²) in [6, 6.07) is 13.0. The van der Waals surface area contributed by atoms with Gasteiger partial charge >= 0.3 is 5.97 Å². The highest BCUT2D eigenvalue weighted by atomic mass is 16.5. The van der Waals surface area contributed by atoms with Gasteiger partial charge in [-0.05, 0) is 31.9 Å². The minimum atomic E-state index is -0.549. The van der Waals surface area contributed by atoms with Crippen LogP contribution in [0.25, 0.3) is 0 Å². The lowest BCUT2D eigenvalue weighted by atomic mass is 10.1. The maximum absolute atomic E-state index is 12.5. The van der Waals surface area contributed by atoms with Crippen LogP contribution in [-0.2, 0) is 6.54 Å². The van der Waals surface area contributed by atoms with E-state index in [1.54, 1.807) is 22.9 Å². The smallest absolute Gasteiger partial charge is 0.368 e. The van der Waals surface area contributed by atoms with Crippen molar-refractivity contribution in [2.24, 2.45) is 0 Å². The molecule has 0 unspecified atom stereocenters. The monoisotopic (exact) mass is 361 g/mol. The van der Waals surface area contributed by atoms with Crippen molar-refractivity contribution in [2.75, 3.05) is 0 Å². The van der Waals surface area contributed by atoms with Gasteiger partial charge < -0.3 is 4.74 Å². The van der Waals surface area contributed by atoms with Crippen LogP contribution >= 0.6 is 0 Å². The van der Waals surface area contributed by atoms with E-state index in [0.717, 1.165) is 16.7 Å². The number of hydrogen-bond donors (Lipinski definition) is 0. The zero-order valence-electron chi connectivity index (χ0n) is 15.6. The van der Waals surface area contributed by atoms with Gasteiger partial charge in [0.15, 0.2) is 6.20 Å². The number of hydrogen-bond acceptors (Lipinski definition) is 4. The summed E-state index contributed by atoms with van der Waals surface area (Å²) in [5, 5.41) is 0. The van der Waals surface area contributed by atoms with Crippen LogP contribution in [0.1, 0.15) is 37.5 Å². The first-order chi connectivity index (χ1) is 12.9. The summed E-state index contributed by atoms with van der Waals surface area (Å²) in [5.41, 5.74) is 3.67. The second-order valence-electron chi connectivity index (χ2n) is 6.52. The van der Waals surface area contributed by atoms with Crippen LogP contribution in [0, 0.1) is 20.8 Å². The predicted octanol–water partition coefficient (Wildman–Crippen LogP) is 3.40. The molecule has 0 amide bonds. The number of Topliss-reactive ketones (excluding diaryl/α,β-unsaturated/α-hetero) is 1. The highest BCUT2D eigenvalue weighted by Gasteiger charge is 2.19. The number of carbonyl (C=O) groups is 2. The molecule has 0 saturated carbocycles. The van der Waals surface area contributed by atoms with E-state index in [1.807, 2.05) is 51.1 Å². The fraction of sp³-hybridized carbons (Fsp3) is 0.182. The average molecular weight is 361 g/mol. The molecule has 0 fully saturated rings. The number of rotatable bonds is 5. The molecule has 5 nitrogen and oxygen atoms in total. The summed E-state index contributed by atoms with van der Waals surface area (Å²) in [6.45, 7) is 5.92. The van der Waals surface area contributed by atoms with E-state index in [1.165, 1.54) is 12.4 Å². The van der Waals surface area contributed by atoms with Gasteiger partial charge in [-0.1, -0.05) is 48.0 Å². The topological polar surface area (TPSA) is 60.1 Å². The average Bonchev–Trinajstić information content (AvgIpc) is 2.65. The highest BCUT2D eigenvalue weighted by molar-refractivity contribution is 5.95. The van der Waals surface area contributed by atoms with E-state index in [-0.39, 0.29) is 18.0 Å². The van der Waals surface area contributed by atoms with E-state index in [4.69, 9.17) is 4.74 Å². The van der Waals surface area contributed by atoms with Crippen LogP contribution in [-0.4, -0.2) is 16.7 Å². The predicted molar refractivity (Wildman–Crippen MR) is 101 cm³/mol. The molecule has 2 aromatic carbocycles. The number of nitrogens with zero attached hydrogens (tertiary/aromatic N) is 2. The summed E-state index contributed by atoms with van der Waals surface area (Å²) in [4.78, 5) is 29.0. The van der Waals surface area contributed by atoms with Gasteiger partial charge in [0.1, 0.15) is 5.75 Å². The molecule has 1 aromatic heterocycles. The fourth-order valence-corrected chi connectivity index (χ4v) is 2.99. The Morgan fingerprint density at radius 2 is 1.70 bits per heavy atom. The highest BCUT2D eigenvalue weighted by Crippen LogP contribution is 2.25. The third kappa shape index (κ3) is 4.44. The van der Waals surface area contributed by atoms with Crippen molar-refractivity contribution in [3.63, 3.8) is 0 Å². The Morgan fingerprint density at radius 1 is 1.04 bits per heavy atom. The van der Waals surface area contributed by atoms with E-state index in [9.17, 15) is 9.59 Å². The Morgan fingerprint density at radius 3 is 2.37 bits per heavy atom. The molecule has 0 bridgehead atoms. The standard InChI is InChI=1S/C22H21N2O3/c1-15-11-16(2)21(17(3)12-15)27-22(26)19-13-24(10-9-23-19)14-20(25)18-7-5-4-6-8-18/h4-13H,14H2,1-3H3/q+1. The minimum Gasteiger partial charge on any atom is -0.421 e. The van der Waals surface area contributed by atoms with E-state index >= 15 is 0 Å². The molecule has 0 spiro atoms. The number of esters is 1. The molecule has 1 heterocycles. The molecule has 0 aliphatic carbocycles. The number of ether oxygens (including phenoxy) is 1. The first-order valence-corrected chi connectivity index (χ1v) is 8.67. The minimum absolute atomic E-state index is 0.0451. The summed E-state index contributed by atoms with van der Waals surface area (Å²) >= 11 is 0. The Labute approximate surface area is 158 Å². The van der Waals surface area contributed by atoms with Crippen molar-refractivity contribution in [1.82, 2.24) is 4.98 Å². The molecular weight excluding hydrogens is 340 g/mol. The van der Waals surface area contributed by atoms with Gasteiger partial charge in [-0.25, -0.2) is 9.78 Å². The Balaban J connectivity index is 1.77. The van der Waals surface area contributed by atoms with Crippen LogP contribution in [0.5, 0.6) is 5.75 Å². The summed E-state index contributed by atoms with van der Waals surface area (Å²) < 4.78 is 7.19. The zero-order valence-corrected chi connectivity index (χ0v) is 15.6. The Kier molecular flexibility index (Phi) is 5.41. The van der Waals surface area contributed by atoms with Crippen molar-refractivity contribution >= 4 is 11.8 Å². The molecule has 3 rings (SSSR count). The normalized spacial score (nSPS) is 10.5. The van der Waals surface area contributed by atoms with Crippen LogP contribution in [0.15, 0.2) is 61.1 Å². The third-order valence-corrected chi connectivity index (χ3v) is 4.19. The van der Waals surface area contributed by atoms with Crippen LogP contribution in [0.2, 0.25) is 0 Å². The van der Waals surface area contributed by atoms with Gasteiger partial charge in [0.05, 0.1) is 6.20 Å². The number of benzene rings is 2. The van der Waals surface area contributed by atoms with Gasteiger partial charge in [0.25, 0.3) is 0 Å². The first kappa shape index (κ1) is 18.5. The fourth-order valence-electron chi connectivity index (χ4n) is 2.99. The van der Waals surface area contributed by atoms with Crippen molar-refractivity contribution in [1.29, 1.82) is 0 Å². The Bertz CT molecular complexity index is 974. The summed E-state index contributed by atoms with van der Waals surface area (Å²) in [5.74, 6) is -0.0499. The molecule has 3 aromatic rings. The van der Waals surface area contributed by atoms with E-state index < -0.39 is 5.97 Å². The van der Waals surface area contributed by atoms with Crippen molar-refractivity contribution in [2.45, 2.75) is 27.3 Å². The van der Waals surface area contributed by atoms with Crippen LogP contribution < -0.4 is 9.30 Å². The van der Waals surface area contributed by atoms with Crippen LogP contribution in [0.3, 0.4) is 0 Å². The molecule has 0 radical (unpaired) electrons. The quantitative estimate of drug-likeness (QED) is 0.302. The number of ketones is 1. The summed E-state index contributed by atoms with van der Waals surface area (Å²) in [6.07, 6.45) is 4.67. The molecule has 0 aliphatic heterocycles. The molecular formula is C22H21N2O3+. The molecule has 27 heavy (non-hydrogen) atoms. The largest absolute Gasteiger partial charge is 0.421 e. The maximum atomic E-state index is 12.5. The zero-order chi connectivity index (χ0) is 19.4. The van der Waals surface area contributed by atoms with Gasteiger partial charge in [-0.3, -0.25) is 4.79 Å². The molecule has 136 valence electrons. The van der Waals surface area contributed by atoms with Crippen molar-refractivity contribution in [3.8, 4) is 5.75 Å². The molecule has 0 atom stereocenters. The number of carbonyl (C=O) groups excluding carboxylic acids is 2. The van der Waals surface area contributed by atoms with E-state index in [0.29, 0.717) is 11.3 Å². The van der Waals surface area contributed by atoms with E-state index in [2.05, 4.69) is 4.98 Å². The lowest BCUT2D eigenvalue weighted by molar-refractivity contribution is -0.683. The second-order valence-corrected chi connectivity index (χ2v) is 6.52. The van der Waals surface area contributed by atoms with Crippen molar-refractivity contribution in [3.05, 3.63) is 89.0 Å². The third-order valence-electron chi connectivity index (χ3n) is 4.19. The van der Waals surface area contributed by atoms with Gasteiger partial charge in [-0.15, -0.1) is 0 Å². The van der Waals surface area contributed by atoms with Gasteiger partial charge in [-0.2, -0.15) is 4.57 Å². The molecule has 5 heteroatoms. The second kappa shape index (κ2) is 7.91. The van der Waals surface area contributed by atoms with Crippen molar-refractivity contribution < 1.29 is 18.9 Å². The Hall–Kier alpha value is -3.34. The molecule has 0 N–H and O–H groups in total. The van der Waals surface area contributed by atoms with Gasteiger partial charge in [0.2, 0.25) is 24.2 Å². The number of aromatic nitrogens is 2. The van der Waals surface area contributed by atoms with Crippen LogP contribution in [0.4, 0.5) is 0 Å². The lowest BCUT2D eigenvalue weighted by Crippen LogP contribution is -2.38. The lowest BCUT2D eigenvalue weighted by Gasteiger charge is -2.10. The summed E-state index contributed by atoms with van der Waals surface area (Å²) in [7, 11) is 0. The van der Waals surface area contributed by atoms with Gasteiger partial charge in [0, 0.05) is 5.56 Å². The molecule has 0 aliphatic rings. The molecule has 0 saturated heterocycles. The first-order valence-electron chi connectivity index (χ1n) is 8.67. The SMILES string of the molecule is Cc1cc(C)c(OC(=O)c2c[n+](CC(=O)c3ccccc3)ccn2)c(C)c1. The maximum Gasteiger partial charge on any atom is 0.368 e.